The molecule has 1 atom stereocenters. The van der Waals surface area contributed by atoms with E-state index >= 15 is 0 Å². The SMILES string of the molecule is Cc1ccccc1CN1CCC(NC(=NCC(=O)N(C)C)NC(C)c2ccccc2)CC1. The number of piperidine rings is 1. The van der Waals surface area contributed by atoms with Gasteiger partial charge >= 0.3 is 0 Å². The molecule has 1 heterocycles. The van der Waals surface area contributed by atoms with Gasteiger partial charge in [-0.25, -0.2) is 4.99 Å². The van der Waals surface area contributed by atoms with Gasteiger partial charge in [0.1, 0.15) is 6.54 Å². The van der Waals surface area contributed by atoms with E-state index in [1.165, 1.54) is 16.7 Å². The van der Waals surface area contributed by atoms with Gasteiger partial charge in [-0.15, -0.1) is 0 Å². The van der Waals surface area contributed by atoms with Crippen LogP contribution in [0.4, 0.5) is 0 Å². The first-order valence-electron chi connectivity index (χ1n) is 11.5. The molecule has 2 aromatic carbocycles. The summed E-state index contributed by atoms with van der Waals surface area (Å²) in [7, 11) is 3.52. The highest BCUT2D eigenvalue weighted by atomic mass is 16.2. The summed E-state index contributed by atoms with van der Waals surface area (Å²) in [5, 5.41) is 7.08. The fourth-order valence-corrected chi connectivity index (χ4v) is 3.91. The molecule has 1 unspecified atom stereocenters. The molecule has 6 nitrogen and oxygen atoms in total. The topological polar surface area (TPSA) is 60.0 Å². The maximum atomic E-state index is 12.1. The lowest BCUT2D eigenvalue weighted by atomic mass is 10.0. The predicted molar refractivity (Wildman–Crippen MR) is 132 cm³/mol. The molecule has 172 valence electrons. The Morgan fingerprint density at radius 2 is 1.75 bits per heavy atom. The molecular weight excluding hydrogens is 398 g/mol. The van der Waals surface area contributed by atoms with Crippen molar-refractivity contribution in [2.75, 3.05) is 33.7 Å². The predicted octanol–water partition coefficient (Wildman–Crippen LogP) is 3.34. The molecule has 0 aromatic heterocycles. The van der Waals surface area contributed by atoms with Crippen LogP contribution in [0.25, 0.3) is 0 Å². The van der Waals surface area contributed by atoms with Crippen molar-refractivity contribution in [2.24, 2.45) is 4.99 Å². The van der Waals surface area contributed by atoms with E-state index in [9.17, 15) is 4.79 Å². The minimum Gasteiger partial charge on any atom is -0.354 e. The van der Waals surface area contributed by atoms with E-state index in [1.807, 2.05) is 18.2 Å². The van der Waals surface area contributed by atoms with Crippen LogP contribution >= 0.6 is 0 Å². The number of guanidine groups is 1. The van der Waals surface area contributed by atoms with Gasteiger partial charge in [-0.3, -0.25) is 9.69 Å². The fourth-order valence-electron chi connectivity index (χ4n) is 3.91. The molecule has 2 aromatic rings. The number of likely N-dealkylation sites (N-methyl/N-ethyl adjacent to an activating group) is 1. The molecule has 3 rings (SSSR count). The molecule has 1 saturated heterocycles. The first-order valence-corrected chi connectivity index (χ1v) is 11.5. The summed E-state index contributed by atoms with van der Waals surface area (Å²) >= 11 is 0. The number of amides is 1. The molecule has 1 amide bonds. The van der Waals surface area contributed by atoms with Gasteiger partial charge in [0, 0.05) is 39.8 Å². The molecule has 1 aliphatic rings. The Bertz CT molecular complexity index is 888. The van der Waals surface area contributed by atoms with Crippen molar-refractivity contribution >= 4 is 11.9 Å². The van der Waals surface area contributed by atoms with Crippen molar-refractivity contribution < 1.29 is 4.79 Å². The molecule has 1 fully saturated rings. The van der Waals surface area contributed by atoms with E-state index < -0.39 is 0 Å². The smallest absolute Gasteiger partial charge is 0.243 e. The number of carbonyl (C=O) groups excluding carboxylic acids is 1. The molecule has 0 saturated carbocycles. The highest BCUT2D eigenvalue weighted by Gasteiger charge is 2.21. The summed E-state index contributed by atoms with van der Waals surface area (Å²) in [5.74, 6) is 0.695. The number of aliphatic imine (C=N–C) groups is 1. The van der Waals surface area contributed by atoms with E-state index in [0.717, 1.165) is 32.5 Å². The molecule has 6 heteroatoms. The minimum absolute atomic E-state index is 0.00786. The van der Waals surface area contributed by atoms with E-state index in [4.69, 9.17) is 0 Å². The van der Waals surface area contributed by atoms with Crippen LogP contribution in [0.1, 0.15) is 42.5 Å². The monoisotopic (exact) mass is 435 g/mol. The van der Waals surface area contributed by atoms with Crippen LogP contribution in [0.3, 0.4) is 0 Å². The van der Waals surface area contributed by atoms with Crippen molar-refractivity contribution in [3.63, 3.8) is 0 Å². The molecular formula is C26H37N5O. The van der Waals surface area contributed by atoms with Crippen LogP contribution in [0, 0.1) is 6.92 Å². The first kappa shape index (κ1) is 23.8. The largest absolute Gasteiger partial charge is 0.354 e. The third kappa shape index (κ3) is 7.09. The maximum Gasteiger partial charge on any atom is 0.243 e. The van der Waals surface area contributed by atoms with Crippen molar-refractivity contribution in [2.45, 2.75) is 45.3 Å². The Hall–Kier alpha value is -2.86. The summed E-state index contributed by atoms with van der Waals surface area (Å²) in [6.07, 6.45) is 2.10. The molecule has 32 heavy (non-hydrogen) atoms. The van der Waals surface area contributed by atoms with Gasteiger partial charge in [0.05, 0.1) is 6.04 Å². The lowest BCUT2D eigenvalue weighted by Gasteiger charge is -2.34. The number of likely N-dealkylation sites (tertiary alicyclic amines) is 1. The number of aryl methyl sites for hydroxylation is 1. The third-order valence-corrected chi connectivity index (χ3v) is 6.11. The average molecular weight is 436 g/mol. The van der Waals surface area contributed by atoms with Gasteiger partial charge < -0.3 is 15.5 Å². The van der Waals surface area contributed by atoms with E-state index in [2.05, 4.69) is 70.8 Å². The number of hydrogen-bond acceptors (Lipinski definition) is 3. The van der Waals surface area contributed by atoms with E-state index in [0.29, 0.717) is 12.0 Å². The normalized spacial score (nSPS) is 16.4. The molecule has 0 radical (unpaired) electrons. The van der Waals surface area contributed by atoms with Crippen molar-refractivity contribution in [3.8, 4) is 0 Å². The zero-order valence-corrected chi connectivity index (χ0v) is 19.8. The number of nitrogens with zero attached hydrogens (tertiary/aromatic N) is 3. The first-order chi connectivity index (χ1) is 15.4. The Kier molecular flexibility index (Phi) is 8.68. The summed E-state index contributed by atoms with van der Waals surface area (Å²) in [5.41, 5.74) is 3.95. The van der Waals surface area contributed by atoms with Gasteiger partial charge in [-0.1, -0.05) is 54.6 Å². The minimum atomic E-state index is -0.00786. The van der Waals surface area contributed by atoms with Crippen molar-refractivity contribution in [3.05, 3.63) is 71.3 Å². The van der Waals surface area contributed by atoms with Gasteiger partial charge in [0.15, 0.2) is 5.96 Å². The Morgan fingerprint density at radius 1 is 1.09 bits per heavy atom. The third-order valence-electron chi connectivity index (χ3n) is 6.11. The Balaban J connectivity index is 1.58. The van der Waals surface area contributed by atoms with Gasteiger partial charge in [0.2, 0.25) is 5.91 Å². The quantitative estimate of drug-likeness (QED) is 0.517. The Morgan fingerprint density at radius 3 is 2.41 bits per heavy atom. The lowest BCUT2D eigenvalue weighted by Crippen LogP contribution is -2.49. The number of nitrogens with one attached hydrogen (secondary N) is 2. The van der Waals surface area contributed by atoms with Crippen LogP contribution in [0.5, 0.6) is 0 Å². The molecule has 1 aliphatic heterocycles. The standard InChI is InChI=1S/C26H37N5O/c1-20-10-8-9-13-23(20)19-31-16-14-24(15-17-31)29-26(27-18-25(32)30(3)4)28-21(2)22-11-6-5-7-12-22/h5-13,21,24H,14-19H2,1-4H3,(H2,27,28,29). The summed E-state index contributed by atoms with van der Waals surface area (Å²) in [4.78, 5) is 20.8. The lowest BCUT2D eigenvalue weighted by molar-refractivity contribution is -0.127. The summed E-state index contributed by atoms with van der Waals surface area (Å²) in [6, 6.07) is 19.4. The van der Waals surface area contributed by atoms with E-state index in [-0.39, 0.29) is 18.5 Å². The highest BCUT2D eigenvalue weighted by Crippen LogP contribution is 2.17. The molecule has 0 aliphatic carbocycles. The van der Waals surface area contributed by atoms with Crippen LogP contribution in [-0.2, 0) is 11.3 Å². The molecule has 0 spiro atoms. The maximum absolute atomic E-state index is 12.1. The summed E-state index contributed by atoms with van der Waals surface area (Å²) in [6.45, 7) is 7.53. The van der Waals surface area contributed by atoms with Gasteiger partial charge in [-0.2, -0.15) is 0 Å². The van der Waals surface area contributed by atoms with E-state index in [1.54, 1.807) is 19.0 Å². The Labute approximate surface area is 192 Å². The fraction of sp³-hybridized carbons (Fsp3) is 0.462. The number of hydrogen-bond donors (Lipinski definition) is 2. The van der Waals surface area contributed by atoms with Crippen LogP contribution in [0.2, 0.25) is 0 Å². The zero-order valence-electron chi connectivity index (χ0n) is 19.8. The zero-order chi connectivity index (χ0) is 22.9. The second kappa shape index (κ2) is 11.7. The van der Waals surface area contributed by atoms with Crippen molar-refractivity contribution in [1.82, 2.24) is 20.4 Å². The second-order valence-corrected chi connectivity index (χ2v) is 8.85. The highest BCUT2D eigenvalue weighted by molar-refractivity contribution is 5.85. The van der Waals surface area contributed by atoms with Crippen molar-refractivity contribution in [1.29, 1.82) is 0 Å². The van der Waals surface area contributed by atoms with Crippen LogP contribution in [0.15, 0.2) is 59.6 Å². The number of rotatable bonds is 7. The molecule has 0 bridgehead atoms. The average Bonchev–Trinajstić information content (AvgIpc) is 2.80. The summed E-state index contributed by atoms with van der Waals surface area (Å²) < 4.78 is 0. The molecule has 2 N–H and O–H groups in total. The van der Waals surface area contributed by atoms with Crippen LogP contribution in [-0.4, -0.2) is 61.4 Å². The van der Waals surface area contributed by atoms with Gasteiger partial charge in [0.25, 0.3) is 0 Å². The van der Waals surface area contributed by atoms with Gasteiger partial charge in [-0.05, 0) is 43.4 Å². The number of carbonyl (C=O) groups is 1. The van der Waals surface area contributed by atoms with Crippen LogP contribution < -0.4 is 10.6 Å². The second-order valence-electron chi connectivity index (χ2n) is 8.85. The number of benzene rings is 2.